The lowest BCUT2D eigenvalue weighted by Crippen LogP contribution is -2.33. The van der Waals surface area contributed by atoms with Crippen molar-refractivity contribution in [3.05, 3.63) is 59.7 Å². The van der Waals surface area contributed by atoms with Crippen molar-refractivity contribution in [2.75, 3.05) is 10.6 Å². The van der Waals surface area contributed by atoms with E-state index in [0.717, 1.165) is 19.3 Å². The van der Waals surface area contributed by atoms with Gasteiger partial charge in [0.05, 0.1) is 23.3 Å². The number of hydrogen-bond donors (Lipinski definition) is 2. The minimum absolute atomic E-state index is 0.126. The maximum absolute atomic E-state index is 12.6. The third-order valence-corrected chi connectivity index (χ3v) is 4.93. The van der Waals surface area contributed by atoms with E-state index in [-0.39, 0.29) is 23.7 Å². The Kier molecular flexibility index (Phi) is 6.04. The fraction of sp³-hybridized carbons (Fsp3) is 0.273. The molecule has 2 atom stereocenters. The number of nitrogens with one attached hydrogen (secondary N) is 2. The zero-order valence-corrected chi connectivity index (χ0v) is 15.3. The summed E-state index contributed by atoms with van der Waals surface area (Å²) in [6, 6.07) is 17.7. The summed E-state index contributed by atoms with van der Waals surface area (Å²) in [5.74, 6) is -0.750. The maximum Gasteiger partial charge on any atom is 0.227 e. The average Bonchev–Trinajstić information content (AvgIpc) is 2.74. The lowest BCUT2D eigenvalue weighted by Gasteiger charge is -2.27. The number of nitrogens with zero attached hydrogens (tertiary/aromatic N) is 2. The first-order valence-electron chi connectivity index (χ1n) is 9.21. The maximum atomic E-state index is 12.6. The quantitative estimate of drug-likeness (QED) is 0.851. The Hall–Kier alpha value is -3.64. The summed E-state index contributed by atoms with van der Waals surface area (Å²) in [6.07, 6.45) is 2.75. The van der Waals surface area contributed by atoms with Crippen molar-refractivity contribution < 1.29 is 9.59 Å². The molecule has 1 saturated carbocycles. The standard InChI is InChI=1S/C22H20N4O2/c23-13-15-4-1-8-19(10-15)25-21(27)17-6-3-7-18(12-17)22(28)26-20-9-2-5-16(11-20)14-24/h1-2,4-5,8-11,17-18H,3,6-7,12H2,(H,25,27)(H,26,28). The van der Waals surface area contributed by atoms with E-state index in [4.69, 9.17) is 10.5 Å². The highest BCUT2D eigenvalue weighted by Crippen LogP contribution is 2.31. The van der Waals surface area contributed by atoms with E-state index < -0.39 is 0 Å². The first kappa shape index (κ1) is 19.1. The number of carbonyl (C=O) groups excluding carboxylic acids is 2. The first-order valence-corrected chi connectivity index (χ1v) is 9.21. The number of anilines is 2. The van der Waals surface area contributed by atoms with Crippen LogP contribution in [0, 0.1) is 34.5 Å². The van der Waals surface area contributed by atoms with Crippen LogP contribution < -0.4 is 10.6 Å². The van der Waals surface area contributed by atoms with E-state index >= 15 is 0 Å². The zero-order chi connectivity index (χ0) is 19.9. The molecule has 2 aromatic carbocycles. The average molecular weight is 372 g/mol. The SMILES string of the molecule is N#Cc1cccc(NC(=O)C2CCCC(C(=O)Nc3cccc(C#N)c3)C2)c1. The molecule has 2 aromatic rings. The van der Waals surface area contributed by atoms with Crippen LogP contribution in [0.15, 0.2) is 48.5 Å². The normalized spacial score (nSPS) is 18.4. The zero-order valence-electron chi connectivity index (χ0n) is 15.3. The molecule has 3 rings (SSSR count). The minimum Gasteiger partial charge on any atom is -0.326 e. The number of nitriles is 2. The van der Waals surface area contributed by atoms with Crippen molar-refractivity contribution in [3.8, 4) is 12.1 Å². The Bertz CT molecular complexity index is 893. The summed E-state index contributed by atoms with van der Waals surface area (Å²) in [7, 11) is 0. The second-order valence-electron chi connectivity index (χ2n) is 6.92. The van der Waals surface area contributed by atoms with Crippen molar-refractivity contribution in [2.24, 2.45) is 11.8 Å². The van der Waals surface area contributed by atoms with Gasteiger partial charge >= 0.3 is 0 Å². The number of amides is 2. The minimum atomic E-state index is -0.249. The van der Waals surface area contributed by atoms with Gasteiger partial charge in [-0.1, -0.05) is 18.6 Å². The van der Waals surface area contributed by atoms with Gasteiger partial charge in [0.25, 0.3) is 0 Å². The van der Waals surface area contributed by atoms with E-state index in [2.05, 4.69) is 10.6 Å². The molecule has 2 unspecified atom stereocenters. The molecule has 6 heteroatoms. The fourth-order valence-corrected chi connectivity index (χ4v) is 3.49. The molecule has 1 aliphatic rings. The van der Waals surface area contributed by atoms with Crippen LogP contribution in [0.2, 0.25) is 0 Å². The predicted octanol–water partition coefficient (Wildman–Crippen LogP) is 3.81. The van der Waals surface area contributed by atoms with Crippen molar-refractivity contribution in [1.29, 1.82) is 10.5 Å². The first-order chi connectivity index (χ1) is 13.6. The third kappa shape index (κ3) is 4.75. The monoisotopic (exact) mass is 372 g/mol. The summed E-state index contributed by atoms with van der Waals surface area (Å²) >= 11 is 0. The second kappa shape index (κ2) is 8.83. The van der Waals surface area contributed by atoms with Crippen LogP contribution in [0.3, 0.4) is 0 Å². The molecule has 2 amide bonds. The number of benzene rings is 2. The predicted molar refractivity (Wildman–Crippen MR) is 105 cm³/mol. The van der Waals surface area contributed by atoms with Crippen molar-refractivity contribution in [2.45, 2.75) is 25.7 Å². The molecule has 1 fully saturated rings. The molecule has 140 valence electrons. The van der Waals surface area contributed by atoms with Gasteiger partial charge in [-0.25, -0.2) is 0 Å². The Morgan fingerprint density at radius 1 is 0.821 bits per heavy atom. The Labute approximate surface area is 163 Å². The molecule has 1 aliphatic carbocycles. The van der Waals surface area contributed by atoms with Crippen LogP contribution in [0.4, 0.5) is 11.4 Å². The topological polar surface area (TPSA) is 106 Å². The second-order valence-corrected chi connectivity index (χ2v) is 6.92. The molecule has 0 heterocycles. The van der Waals surface area contributed by atoms with Crippen LogP contribution in [0.25, 0.3) is 0 Å². The molecule has 0 aromatic heterocycles. The van der Waals surface area contributed by atoms with Crippen molar-refractivity contribution in [3.63, 3.8) is 0 Å². The van der Waals surface area contributed by atoms with Crippen molar-refractivity contribution in [1.82, 2.24) is 0 Å². The summed E-state index contributed by atoms with van der Waals surface area (Å²) in [6.45, 7) is 0. The van der Waals surface area contributed by atoms with Gasteiger partial charge in [0.2, 0.25) is 11.8 Å². The highest BCUT2D eigenvalue weighted by Gasteiger charge is 2.31. The van der Waals surface area contributed by atoms with Crippen LogP contribution >= 0.6 is 0 Å². The van der Waals surface area contributed by atoms with Gasteiger partial charge in [0, 0.05) is 23.2 Å². The molecule has 0 bridgehead atoms. The van der Waals surface area contributed by atoms with Crippen LogP contribution in [0.1, 0.15) is 36.8 Å². The molecule has 0 radical (unpaired) electrons. The fourth-order valence-electron chi connectivity index (χ4n) is 3.49. The van der Waals surface area contributed by atoms with Crippen LogP contribution in [-0.4, -0.2) is 11.8 Å². The Balaban J connectivity index is 1.61. The van der Waals surface area contributed by atoms with Gasteiger partial charge in [0.1, 0.15) is 0 Å². The summed E-state index contributed by atoms with van der Waals surface area (Å²) in [5, 5.41) is 23.6. The van der Waals surface area contributed by atoms with E-state index in [0.29, 0.717) is 28.9 Å². The number of hydrogen-bond acceptors (Lipinski definition) is 4. The summed E-state index contributed by atoms with van der Waals surface area (Å²) < 4.78 is 0. The van der Waals surface area contributed by atoms with Gasteiger partial charge in [-0.15, -0.1) is 0 Å². The number of carbonyl (C=O) groups is 2. The molecule has 0 saturated heterocycles. The lowest BCUT2D eigenvalue weighted by atomic mass is 9.80. The van der Waals surface area contributed by atoms with E-state index in [1.54, 1.807) is 48.5 Å². The van der Waals surface area contributed by atoms with E-state index in [1.165, 1.54) is 0 Å². The summed E-state index contributed by atoms with van der Waals surface area (Å²) in [5.41, 5.74) is 2.14. The van der Waals surface area contributed by atoms with Gasteiger partial charge < -0.3 is 10.6 Å². The molecular weight excluding hydrogens is 352 g/mol. The molecule has 6 nitrogen and oxygen atoms in total. The largest absolute Gasteiger partial charge is 0.326 e. The lowest BCUT2D eigenvalue weighted by molar-refractivity contribution is -0.124. The van der Waals surface area contributed by atoms with E-state index in [1.807, 2.05) is 12.1 Å². The van der Waals surface area contributed by atoms with Crippen LogP contribution in [-0.2, 0) is 9.59 Å². The molecule has 0 spiro atoms. The molecule has 0 aliphatic heterocycles. The van der Waals surface area contributed by atoms with Gasteiger partial charge in [-0.3, -0.25) is 9.59 Å². The molecule has 2 N–H and O–H groups in total. The summed E-state index contributed by atoms with van der Waals surface area (Å²) in [4.78, 5) is 25.2. The van der Waals surface area contributed by atoms with Gasteiger partial charge in [-0.05, 0) is 55.7 Å². The van der Waals surface area contributed by atoms with Gasteiger partial charge in [0.15, 0.2) is 0 Å². The van der Waals surface area contributed by atoms with E-state index in [9.17, 15) is 9.59 Å². The molecule has 28 heavy (non-hydrogen) atoms. The van der Waals surface area contributed by atoms with Crippen molar-refractivity contribution >= 4 is 23.2 Å². The van der Waals surface area contributed by atoms with Crippen LogP contribution in [0.5, 0.6) is 0 Å². The highest BCUT2D eigenvalue weighted by atomic mass is 16.2. The Morgan fingerprint density at radius 3 is 1.71 bits per heavy atom. The number of rotatable bonds is 4. The third-order valence-electron chi connectivity index (χ3n) is 4.93. The molecular formula is C22H20N4O2. The smallest absolute Gasteiger partial charge is 0.227 e. The van der Waals surface area contributed by atoms with Gasteiger partial charge in [-0.2, -0.15) is 10.5 Å². The highest BCUT2D eigenvalue weighted by molar-refractivity contribution is 5.95. The Morgan fingerprint density at radius 2 is 1.29 bits per heavy atom.